The van der Waals surface area contributed by atoms with Crippen LogP contribution in [0.4, 0.5) is 0 Å². The topological polar surface area (TPSA) is 36.3 Å². The first-order valence-electron chi connectivity index (χ1n) is 10.00. The molecule has 0 aliphatic heterocycles. The Balaban J connectivity index is 1.78. The molecule has 0 N–H and O–H groups in total. The summed E-state index contributed by atoms with van der Waals surface area (Å²) < 4.78 is 12.7. The van der Waals surface area contributed by atoms with Gasteiger partial charge < -0.3 is 9.47 Å². The maximum Gasteiger partial charge on any atom is 0.118 e. The van der Waals surface area contributed by atoms with Crippen LogP contribution in [0.3, 0.4) is 0 Å². The van der Waals surface area contributed by atoms with Crippen LogP contribution < -0.4 is 9.47 Å². The number of benzene rings is 3. The molecule has 0 saturated carbocycles. The van der Waals surface area contributed by atoms with E-state index in [2.05, 4.69) is 54.9 Å². The van der Waals surface area contributed by atoms with Crippen molar-refractivity contribution in [2.75, 3.05) is 14.2 Å². The second-order valence-electron chi connectivity index (χ2n) is 7.46. The Hall–Kier alpha value is -3.53. The summed E-state index contributed by atoms with van der Waals surface area (Å²) in [4.78, 5) is 0. The van der Waals surface area contributed by atoms with E-state index in [1.54, 1.807) is 14.2 Å². The number of ether oxygens (including phenoxy) is 2. The number of aromatic nitrogens is 2. The van der Waals surface area contributed by atoms with Crippen LogP contribution in [-0.2, 0) is 6.54 Å². The molecule has 0 amide bonds. The summed E-state index contributed by atoms with van der Waals surface area (Å²) in [6.45, 7) is 4.99. The predicted molar refractivity (Wildman–Crippen MR) is 121 cm³/mol. The van der Waals surface area contributed by atoms with Crippen molar-refractivity contribution in [3.05, 3.63) is 89.5 Å². The van der Waals surface area contributed by atoms with Crippen LogP contribution in [0.5, 0.6) is 11.5 Å². The standard InChI is InChI=1S/C26H26N2O2/c1-18-5-6-19(2)22(15-18)17-28-26(21-9-13-24(30-4)14-10-21)16-25(27-28)20-7-11-23(29-3)12-8-20/h5-16H,17H2,1-4H3. The van der Waals surface area contributed by atoms with Gasteiger partial charge in [0.15, 0.2) is 0 Å². The second-order valence-corrected chi connectivity index (χ2v) is 7.46. The van der Waals surface area contributed by atoms with Gasteiger partial charge in [-0.2, -0.15) is 5.10 Å². The van der Waals surface area contributed by atoms with Crippen molar-refractivity contribution in [1.29, 1.82) is 0 Å². The molecule has 0 bridgehead atoms. The minimum Gasteiger partial charge on any atom is -0.497 e. The molecule has 3 aromatic carbocycles. The molecule has 1 aromatic heterocycles. The third kappa shape index (κ3) is 4.08. The van der Waals surface area contributed by atoms with Crippen LogP contribution in [0, 0.1) is 13.8 Å². The molecule has 0 aliphatic rings. The van der Waals surface area contributed by atoms with Gasteiger partial charge in [0.25, 0.3) is 0 Å². The van der Waals surface area contributed by atoms with E-state index in [4.69, 9.17) is 14.6 Å². The zero-order valence-corrected chi connectivity index (χ0v) is 17.8. The maximum absolute atomic E-state index is 5.32. The highest BCUT2D eigenvalue weighted by molar-refractivity contribution is 5.69. The predicted octanol–water partition coefficient (Wildman–Crippen LogP) is 5.90. The van der Waals surface area contributed by atoms with E-state index in [0.717, 1.165) is 34.0 Å². The van der Waals surface area contributed by atoms with Crippen LogP contribution in [0.2, 0.25) is 0 Å². The minimum atomic E-state index is 0.713. The third-order valence-electron chi connectivity index (χ3n) is 5.38. The number of hydrogen-bond acceptors (Lipinski definition) is 3. The molecule has 0 saturated heterocycles. The van der Waals surface area contributed by atoms with Gasteiger partial charge in [-0.05, 0) is 79.6 Å². The second kappa shape index (κ2) is 8.46. The first-order chi connectivity index (χ1) is 14.6. The normalized spacial score (nSPS) is 10.8. The van der Waals surface area contributed by atoms with Crippen LogP contribution in [0.25, 0.3) is 22.5 Å². The number of nitrogens with zero attached hydrogens (tertiary/aromatic N) is 2. The van der Waals surface area contributed by atoms with Gasteiger partial charge in [-0.25, -0.2) is 0 Å². The highest BCUT2D eigenvalue weighted by Crippen LogP contribution is 2.29. The smallest absolute Gasteiger partial charge is 0.118 e. The largest absolute Gasteiger partial charge is 0.497 e. The van der Waals surface area contributed by atoms with E-state index in [1.165, 1.54) is 16.7 Å². The quantitative estimate of drug-likeness (QED) is 0.406. The summed E-state index contributed by atoms with van der Waals surface area (Å²) >= 11 is 0. The Morgan fingerprint density at radius 3 is 1.93 bits per heavy atom. The Labute approximate surface area is 177 Å². The van der Waals surface area contributed by atoms with Gasteiger partial charge in [0.05, 0.1) is 32.2 Å². The van der Waals surface area contributed by atoms with Crippen LogP contribution >= 0.6 is 0 Å². The maximum atomic E-state index is 5.32. The first-order valence-corrected chi connectivity index (χ1v) is 10.00. The molecule has 4 rings (SSSR count). The summed E-state index contributed by atoms with van der Waals surface area (Å²) in [6.07, 6.45) is 0. The fourth-order valence-corrected chi connectivity index (χ4v) is 3.57. The van der Waals surface area contributed by atoms with Gasteiger partial charge in [-0.1, -0.05) is 23.8 Å². The Morgan fingerprint density at radius 2 is 1.33 bits per heavy atom. The fourth-order valence-electron chi connectivity index (χ4n) is 3.57. The summed E-state index contributed by atoms with van der Waals surface area (Å²) in [7, 11) is 3.36. The Kier molecular flexibility index (Phi) is 5.57. The molecule has 0 fully saturated rings. The minimum absolute atomic E-state index is 0.713. The van der Waals surface area contributed by atoms with Crippen LogP contribution in [0.1, 0.15) is 16.7 Å². The highest BCUT2D eigenvalue weighted by atomic mass is 16.5. The van der Waals surface area contributed by atoms with E-state index < -0.39 is 0 Å². The molecule has 0 unspecified atom stereocenters. The molecular formula is C26H26N2O2. The van der Waals surface area contributed by atoms with Crippen molar-refractivity contribution in [2.24, 2.45) is 0 Å². The fraction of sp³-hybridized carbons (Fsp3) is 0.192. The number of hydrogen-bond donors (Lipinski definition) is 0. The van der Waals surface area contributed by atoms with Gasteiger partial charge >= 0.3 is 0 Å². The first kappa shape index (κ1) is 19.8. The molecule has 1 heterocycles. The van der Waals surface area contributed by atoms with Crippen molar-refractivity contribution >= 4 is 0 Å². The molecule has 4 heteroatoms. The summed E-state index contributed by atoms with van der Waals surface area (Å²) in [5.41, 5.74) is 7.97. The van der Waals surface area contributed by atoms with Gasteiger partial charge in [-0.3, -0.25) is 4.68 Å². The molecule has 30 heavy (non-hydrogen) atoms. The molecule has 4 aromatic rings. The lowest BCUT2D eigenvalue weighted by molar-refractivity contribution is 0.414. The summed E-state index contributed by atoms with van der Waals surface area (Å²) in [5.74, 6) is 1.68. The van der Waals surface area contributed by atoms with Crippen molar-refractivity contribution < 1.29 is 9.47 Å². The molecule has 0 spiro atoms. The zero-order chi connectivity index (χ0) is 21.1. The number of rotatable bonds is 6. The van der Waals surface area contributed by atoms with Crippen molar-refractivity contribution in [2.45, 2.75) is 20.4 Å². The van der Waals surface area contributed by atoms with Gasteiger partial charge in [0.1, 0.15) is 11.5 Å². The average molecular weight is 399 g/mol. The van der Waals surface area contributed by atoms with Crippen LogP contribution in [0.15, 0.2) is 72.8 Å². The van der Waals surface area contributed by atoms with Crippen molar-refractivity contribution in [3.63, 3.8) is 0 Å². The highest BCUT2D eigenvalue weighted by Gasteiger charge is 2.13. The van der Waals surface area contributed by atoms with Gasteiger partial charge in [-0.15, -0.1) is 0 Å². The van der Waals surface area contributed by atoms with E-state index in [0.29, 0.717) is 6.54 Å². The Bertz CT molecular complexity index is 1140. The van der Waals surface area contributed by atoms with Crippen molar-refractivity contribution in [3.8, 4) is 34.0 Å². The molecule has 4 nitrogen and oxygen atoms in total. The van der Waals surface area contributed by atoms with Gasteiger partial charge in [0.2, 0.25) is 0 Å². The van der Waals surface area contributed by atoms with E-state index in [9.17, 15) is 0 Å². The summed E-state index contributed by atoms with van der Waals surface area (Å²) in [5, 5.41) is 4.97. The number of aryl methyl sites for hydroxylation is 2. The monoisotopic (exact) mass is 398 g/mol. The molecule has 0 aliphatic carbocycles. The molecule has 0 radical (unpaired) electrons. The molecular weight excluding hydrogens is 372 g/mol. The zero-order valence-electron chi connectivity index (χ0n) is 17.8. The lowest BCUT2D eigenvalue weighted by Gasteiger charge is -2.11. The third-order valence-corrected chi connectivity index (χ3v) is 5.38. The lowest BCUT2D eigenvalue weighted by Crippen LogP contribution is -2.05. The lowest BCUT2D eigenvalue weighted by atomic mass is 10.1. The van der Waals surface area contributed by atoms with Crippen LogP contribution in [-0.4, -0.2) is 24.0 Å². The summed E-state index contributed by atoms with van der Waals surface area (Å²) in [6, 6.07) is 24.8. The molecule has 152 valence electrons. The number of methoxy groups -OCH3 is 2. The SMILES string of the molecule is COc1ccc(-c2cc(-c3ccc(OC)cc3)n(Cc3cc(C)ccc3C)n2)cc1. The Morgan fingerprint density at radius 1 is 0.733 bits per heavy atom. The molecule has 0 atom stereocenters. The van der Waals surface area contributed by atoms with E-state index >= 15 is 0 Å². The van der Waals surface area contributed by atoms with E-state index in [-0.39, 0.29) is 0 Å². The van der Waals surface area contributed by atoms with Crippen molar-refractivity contribution in [1.82, 2.24) is 9.78 Å². The van der Waals surface area contributed by atoms with Gasteiger partial charge in [0, 0.05) is 11.1 Å². The van der Waals surface area contributed by atoms with E-state index in [1.807, 2.05) is 36.4 Å². The average Bonchev–Trinajstić information content (AvgIpc) is 3.20.